The number of rotatable bonds is 2. The molecule has 0 aliphatic carbocycles. The standard InChI is InChI=1S/C18H13Br/c19-18-8-4-3-6-16(18)12-10-14-9-11-15-5-1-2-7-17(15)13-14/h1-13H/b12-10-. The molecular formula is C18H13Br. The van der Waals surface area contributed by atoms with Gasteiger partial charge in [-0.1, -0.05) is 82.7 Å². The number of halogens is 1. The van der Waals surface area contributed by atoms with Gasteiger partial charge in [-0.3, -0.25) is 0 Å². The zero-order valence-electron chi connectivity index (χ0n) is 10.4. The summed E-state index contributed by atoms with van der Waals surface area (Å²) < 4.78 is 1.12. The second kappa shape index (κ2) is 5.41. The lowest BCUT2D eigenvalue weighted by Crippen LogP contribution is -1.76. The van der Waals surface area contributed by atoms with Crippen molar-refractivity contribution in [2.75, 3.05) is 0 Å². The highest BCUT2D eigenvalue weighted by Crippen LogP contribution is 2.20. The molecule has 0 amide bonds. The van der Waals surface area contributed by atoms with Crippen molar-refractivity contribution in [1.82, 2.24) is 0 Å². The maximum Gasteiger partial charge on any atom is 0.0247 e. The Kier molecular flexibility index (Phi) is 3.47. The van der Waals surface area contributed by atoms with E-state index in [1.807, 2.05) is 12.1 Å². The number of fused-ring (bicyclic) bond motifs is 1. The maximum atomic E-state index is 3.56. The second-order valence-electron chi connectivity index (χ2n) is 4.46. The molecule has 0 fully saturated rings. The fourth-order valence-corrected chi connectivity index (χ4v) is 2.52. The average molecular weight is 309 g/mol. The maximum absolute atomic E-state index is 3.56. The number of hydrogen-bond acceptors (Lipinski definition) is 0. The van der Waals surface area contributed by atoms with Gasteiger partial charge in [0.05, 0.1) is 0 Å². The average Bonchev–Trinajstić information content (AvgIpc) is 2.46. The van der Waals surface area contributed by atoms with E-state index >= 15 is 0 Å². The first-order valence-electron chi connectivity index (χ1n) is 6.24. The minimum Gasteiger partial charge on any atom is -0.0616 e. The molecular weight excluding hydrogens is 296 g/mol. The van der Waals surface area contributed by atoms with Crippen LogP contribution in [0.4, 0.5) is 0 Å². The van der Waals surface area contributed by atoms with Crippen molar-refractivity contribution in [3.8, 4) is 0 Å². The summed E-state index contributed by atoms with van der Waals surface area (Å²) in [6, 6.07) is 23.2. The normalized spacial score (nSPS) is 11.2. The SMILES string of the molecule is Brc1ccccc1/C=C\c1ccc2ccccc2c1. The summed E-state index contributed by atoms with van der Waals surface area (Å²) in [7, 11) is 0. The van der Waals surface area contributed by atoms with E-state index in [-0.39, 0.29) is 0 Å². The van der Waals surface area contributed by atoms with Crippen molar-refractivity contribution in [3.63, 3.8) is 0 Å². The summed E-state index contributed by atoms with van der Waals surface area (Å²) in [5, 5.41) is 2.55. The molecule has 3 aromatic rings. The van der Waals surface area contributed by atoms with Gasteiger partial charge in [0.25, 0.3) is 0 Å². The van der Waals surface area contributed by atoms with Gasteiger partial charge in [-0.2, -0.15) is 0 Å². The third kappa shape index (κ3) is 2.77. The van der Waals surface area contributed by atoms with Crippen LogP contribution in [0.5, 0.6) is 0 Å². The van der Waals surface area contributed by atoms with Crippen LogP contribution in [0.15, 0.2) is 71.2 Å². The Morgan fingerprint density at radius 3 is 2.26 bits per heavy atom. The van der Waals surface area contributed by atoms with Gasteiger partial charge in [-0.05, 0) is 34.0 Å². The van der Waals surface area contributed by atoms with E-state index in [9.17, 15) is 0 Å². The number of benzene rings is 3. The number of hydrogen-bond donors (Lipinski definition) is 0. The van der Waals surface area contributed by atoms with E-state index in [1.165, 1.54) is 21.9 Å². The molecule has 92 valence electrons. The minimum absolute atomic E-state index is 1.12. The van der Waals surface area contributed by atoms with Gasteiger partial charge in [-0.25, -0.2) is 0 Å². The van der Waals surface area contributed by atoms with Crippen LogP contribution in [-0.2, 0) is 0 Å². The van der Waals surface area contributed by atoms with E-state index < -0.39 is 0 Å². The first-order valence-corrected chi connectivity index (χ1v) is 7.04. The molecule has 0 aliphatic heterocycles. The molecule has 3 aromatic carbocycles. The Morgan fingerprint density at radius 1 is 0.684 bits per heavy atom. The molecule has 0 unspecified atom stereocenters. The molecule has 0 aromatic heterocycles. The molecule has 0 saturated carbocycles. The van der Waals surface area contributed by atoms with Crippen LogP contribution in [0.3, 0.4) is 0 Å². The summed E-state index contributed by atoms with van der Waals surface area (Å²) in [6.45, 7) is 0. The van der Waals surface area contributed by atoms with E-state index in [1.54, 1.807) is 0 Å². The zero-order valence-corrected chi connectivity index (χ0v) is 12.0. The van der Waals surface area contributed by atoms with Gasteiger partial charge in [0, 0.05) is 4.47 Å². The minimum atomic E-state index is 1.12. The molecule has 0 atom stereocenters. The summed E-state index contributed by atoms with van der Waals surface area (Å²) in [6.07, 6.45) is 4.28. The van der Waals surface area contributed by atoms with E-state index in [0.717, 1.165) is 4.47 Å². The van der Waals surface area contributed by atoms with Crippen molar-refractivity contribution < 1.29 is 0 Å². The van der Waals surface area contributed by atoms with Gasteiger partial charge in [0.1, 0.15) is 0 Å². The smallest absolute Gasteiger partial charge is 0.0247 e. The molecule has 0 bridgehead atoms. The Hall–Kier alpha value is -1.86. The van der Waals surface area contributed by atoms with Gasteiger partial charge in [0.15, 0.2) is 0 Å². The molecule has 1 heteroatoms. The Morgan fingerprint density at radius 2 is 1.42 bits per heavy atom. The molecule has 0 saturated heterocycles. The molecule has 0 N–H and O–H groups in total. The first kappa shape index (κ1) is 12.2. The molecule has 3 rings (SSSR count). The van der Waals surface area contributed by atoms with Crippen molar-refractivity contribution >= 4 is 38.9 Å². The summed E-state index contributed by atoms with van der Waals surface area (Å²) >= 11 is 3.56. The van der Waals surface area contributed by atoms with E-state index in [4.69, 9.17) is 0 Å². The van der Waals surface area contributed by atoms with Crippen molar-refractivity contribution in [3.05, 3.63) is 82.3 Å². The monoisotopic (exact) mass is 308 g/mol. The Balaban J connectivity index is 1.95. The van der Waals surface area contributed by atoms with Crippen LogP contribution in [0, 0.1) is 0 Å². The molecule has 0 heterocycles. The zero-order chi connectivity index (χ0) is 13.1. The van der Waals surface area contributed by atoms with Crippen LogP contribution in [0.1, 0.15) is 11.1 Å². The Labute approximate surface area is 121 Å². The van der Waals surface area contributed by atoms with E-state index in [2.05, 4.69) is 82.7 Å². The van der Waals surface area contributed by atoms with Crippen molar-refractivity contribution in [1.29, 1.82) is 0 Å². The van der Waals surface area contributed by atoms with Gasteiger partial charge >= 0.3 is 0 Å². The van der Waals surface area contributed by atoms with Gasteiger partial charge < -0.3 is 0 Å². The molecule has 19 heavy (non-hydrogen) atoms. The van der Waals surface area contributed by atoms with Crippen LogP contribution >= 0.6 is 15.9 Å². The van der Waals surface area contributed by atoms with Crippen LogP contribution in [0.2, 0.25) is 0 Å². The predicted octanol–water partition coefficient (Wildman–Crippen LogP) is 5.77. The highest BCUT2D eigenvalue weighted by Gasteiger charge is 1.95. The largest absolute Gasteiger partial charge is 0.0616 e. The molecule has 0 radical (unpaired) electrons. The molecule has 0 nitrogen and oxygen atoms in total. The highest BCUT2D eigenvalue weighted by atomic mass is 79.9. The fourth-order valence-electron chi connectivity index (χ4n) is 2.11. The second-order valence-corrected chi connectivity index (χ2v) is 5.32. The highest BCUT2D eigenvalue weighted by molar-refractivity contribution is 9.10. The quantitative estimate of drug-likeness (QED) is 0.527. The van der Waals surface area contributed by atoms with Crippen LogP contribution < -0.4 is 0 Å². The lowest BCUT2D eigenvalue weighted by atomic mass is 10.1. The van der Waals surface area contributed by atoms with Crippen LogP contribution in [-0.4, -0.2) is 0 Å². The topological polar surface area (TPSA) is 0 Å². The van der Waals surface area contributed by atoms with Gasteiger partial charge in [0.2, 0.25) is 0 Å². The molecule has 0 spiro atoms. The van der Waals surface area contributed by atoms with Crippen molar-refractivity contribution in [2.24, 2.45) is 0 Å². The third-order valence-corrected chi connectivity index (χ3v) is 3.86. The summed E-state index contributed by atoms with van der Waals surface area (Å²) in [5.74, 6) is 0. The van der Waals surface area contributed by atoms with E-state index in [0.29, 0.717) is 0 Å². The first-order chi connectivity index (χ1) is 9.33. The predicted molar refractivity (Wildman–Crippen MR) is 87.0 cm³/mol. The molecule has 0 aliphatic rings. The van der Waals surface area contributed by atoms with Crippen LogP contribution in [0.25, 0.3) is 22.9 Å². The lowest BCUT2D eigenvalue weighted by molar-refractivity contribution is 1.60. The van der Waals surface area contributed by atoms with Gasteiger partial charge in [-0.15, -0.1) is 0 Å². The Bertz CT molecular complexity index is 741. The summed E-state index contributed by atoms with van der Waals surface area (Å²) in [4.78, 5) is 0. The third-order valence-electron chi connectivity index (χ3n) is 3.13. The lowest BCUT2D eigenvalue weighted by Gasteiger charge is -2.00. The summed E-state index contributed by atoms with van der Waals surface area (Å²) in [5.41, 5.74) is 2.41. The fraction of sp³-hybridized carbons (Fsp3) is 0. The van der Waals surface area contributed by atoms with Crippen molar-refractivity contribution in [2.45, 2.75) is 0 Å².